The van der Waals surface area contributed by atoms with Gasteiger partial charge in [-0.15, -0.1) is 0 Å². The Hall–Kier alpha value is -2.66. The molecule has 2 aromatic carbocycles. The lowest BCUT2D eigenvalue weighted by molar-refractivity contribution is 0.102. The number of rotatable bonds is 6. The topological polar surface area (TPSA) is 64.0 Å². The van der Waals surface area contributed by atoms with Crippen molar-refractivity contribution in [1.29, 1.82) is 0 Å². The van der Waals surface area contributed by atoms with Gasteiger partial charge in [-0.05, 0) is 36.8 Å². The summed E-state index contributed by atoms with van der Waals surface area (Å²) in [4.78, 5) is 25.4. The second kappa shape index (κ2) is 8.15. The molecule has 0 fully saturated rings. The molecule has 5 nitrogen and oxygen atoms in total. The van der Waals surface area contributed by atoms with Crippen molar-refractivity contribution in [2.75, 3.05) is 5.32 Å². The van der Waals surface area contributed by atoms with Crippen molar-refractivity contribution < 1.29 is 4.79 Å². The number of fused-ring (bicyclic) bond motifs is 1. The summed E-state index contributed by atoms with van der Waals surface area (Å²) < 4.78 is 1.40. The van der Waals surface area contributed by atoms with E-state index in [-0.39, 0.29) is 17.2 Å². The maximum Gasteiger partial charge on any atom is 0.276 e. The largest absolute Gasteiger partial charge is 0.321 e. The van der Waals surface area contributed by atoms with Crippen LogP contribution < -0.4 is 10.9 Å². The first-order valence-electron chi connectivity index (χ1n) is 8.67. The van der Waals surface area contributed by atoms with Crippen molar-refractivity contribution in [2.45, 2.75) is 32.7 Å². The second-order valence-electron chi connectivity index (χ2n) is 6.09. The molecule has 1 N–H and O–H groups in total. The van der Waals surface area contributed by atoms with E-state index in [0.717, 1.165) is 19.3 Å². The number of carbonyl (C=O) groups excluding carboxylic acids is 1. The minimum absolute atomic E-state index is 0.167. The second-order valence-corrected chi connectivity index (χ2v) is 6.53. The molecule has 0 aliphatic heterocycles. The first kappa shape index (κ1) is 18.1. The first-order valence-corrected chi connectivity index (χ1v) is 9.04. The van der Waals surface area contributed by atoms with Gasteiger partial charge in [0.1, 0.15) is 0 Å². The summed E-state index contributed by atoms with van der Waals surface area (Å²) in [5, 5.41) is 8.81. The number of benzene rings is 2. The van der Waals surface area contributed by atoms with Crippen LogP contribution >= 0.6 is 11.6 Å². The van der Waals surface area contributed by atoms with Gasteiger partial charge >= 0.3 is 0 Å². The maximum absolute atomic E-state index is 12.8. The van der Waals surface area contributed by atoms with Gasteiger partial charge in [0.05, 0.1) is 5.39 Å². The predicted octanol–water partition coefficient (Wildman–Crippen LogP) is 4.49. The highest BCUT2D eigenvalue weighted by Crippen LogP contribution is 2.17. The molecule has 0 bridgehead atoms. The number of amides is 1. The average Bonchev–Trinajstić information content (AvgIpc) is 2.65. The highest BCUT2D eigenvalue weighted by Gasteiger charge is 2.16. The molecule has 0 spiro atoms. The van der Waals surface area contributed by atoms with Crippen LogP contribution in [0.15, 0.2) is 53.3 Å². The van der Waals surface area contributed by atoms with Crippen LogP contribution in [0.3, 0.4) is 0 Å². The van der Waals surface area contributed by atoms with Crippen molar-refractivity contribution in [1.82, 2.24) is 9.78 Å². The smallest absolute Gasteiger partial charge is 0.276 e. The standard InChI is InChI=1S/C20H20ClN3O2/c1-2-3-6-13-24-20(26)17-8-5-4-7-16(17)18(23-24)19(25)22-15-11-9-14(21)10-12-15/h4-5,7-12H,2-3,6,13H2,1H3,(H,22,25). The number of nitrogens with zero attached hydrogens (tertiary/aromatic N) is 2. The van der Waals surface area contributed by atoms with Crippen LogP contribution in [0.1, 0.15) is 36.7 Å². The number of carbonyl (C=O) groups is 1. The van der Waals surface area contributed by atoms with E-state index >= 15 is 0 Å². The Morgan fingerprint density at radius 3 is 2.46 bits per heavy atom. The third kappa shape index (κ3) is 3.94. The molecule has 6 heteroatoms. The Labute approximate surface area is 156 Å². The van der Waals surface area contributed by atoms with Crippen LogP contribution in [0, 0.1) is 0 Å². The summed E-state index contributed by atoms with van der Waals surface area (Å²) in [7, 11) is 0. The third-order valence-electron chi connectivity index (χ3n) is 4.16. The van der Waals surface area contributed by atoms with Gasteiger partial charge in [-0.1, -0.05) is 49.6 Å². The van der Waals surface area contributed by atoms with Gasteiger partial charge in [-0.2, -0.15) is 5.10 Å². The predicted molar refractivity (Wildman–Crippen MR) is 105 cm³/mol. The monoisotopic (exact) mass is 369 g/mol. The molecule has 1 aromatic heterocycles. The molecule has 134 valence electrons. The van der Waals surface area contributed by atoms with E-state index in [4.69, 9.17) is 11.6 Å². The number of unbranched alkanes of at least 4 members (excludes halogenated alkanes) is 2. The van der Waals surface area contributed by atoms with Crippen LogP contribution in [0.2, 0.25) is 5.02 Å². The molecule has 0 atom stereocenters. The van der Waals surface area contributed by atoms with Crippen LogP contribution in [0.5, 0.6) is 0 Å². The Bertz CT molecular complexity index is 981. The minimum Gasteiger partial charge on any atom is -0.321 e. The number of aromatic nitrogens is 2. The first-order chi connectivity index (χ1) is 12.6. The van der Waals surface area contributed by atoms with Gasteiger partial charge in [-0.25, -0.2) is 4.68 Å². The quantitative estimate of drug-likeness (QED) is 0.651. The summed E-state index contributed by atoms with van der Waals surface area (Å²) in [6.45, 7) is 2.60. The van der Waals surface area contributed by atoms with E-state index in [1.165, 1.54) is 4.68 Å². The summed E-state index contributed by atoms with van der Waals surface area (Å²) in [5.74, 6) is -0.354. The molecule has 0 unspecified atom stereocenters. The summed E-state index contributed by atoms with van der Waals surface area (Å²) in [5.41, 5.74) is 0.695. The van der Waals surface area contributed by atoms with E-state index in [9.17, 15) is 9.59 Å². The highest BCUT2D eigenvalue weighted by molar-refractivity contribution is 6.30. The number of hydrogen-bond acceptors (Lipinski definition) is 3. The van der Waals surface area contributed by atoms with Crippen molar-refractivity contribution in [3.63, 3.8) is 0 Å². The normalized spacial score (nSPS) is 10.8. The van der Waals surface area contributed by atoms with Crippen LogP contribution in [0.25, 0.3) is 10.8 Å². The van der Waals surface area contributed by atoms with Gasteiger partial charge < -0.3 is 5.32 Å². The Kier molecular flexibility index (Phi) is 5.68. The number of nitrogens with one attached hydrogen (secondary N) is 1. The molecule has 0 aliphatic carbocycles. The molecule has 1 amide bonds. The molecular formula is C20H20ClN3O2. The van der Waals surface area contributed by atoms with Crippen molar-refractivity contribution in [2.24, 2.45) is 0 Å². The zero-order valence-electron chi connectivity index (χ0n) is 14.5. The van der Waals surface area contributed by atoms with Gasteiger partial charge in [0.25, 0.3) is 11.5 Å². The van der Waals surface area contributed by atoms with Crippen LogP contribution in [-0.4, -0.2) is 15.7 Å². The molecule has 3 aromatic rings. The lowest BCUT2D eigenvalue weighted by Gasteiger charge is -2.11. The van der Waals surface area contributed by atoms with E-state index in [0.29, 0.717) is 28.0 Å². The lowest BCUT2D eigenvalue weighted by atomic mass is 10.1. The molecule has 0 saturated heterocycles. The van der Waals surface area contributed by atoms with Gasteiger partial charge in [0, 0.05) is 22.6 Å². The molecule has 0 radical (unpaired) electrons. The molecular weight excluding hydrogens is 350 g/mol. The highest BCUT2D eigenvalue weighted by atomic mass is 35.5. The van der Waals surface area contributed by atoms with Gasteiger partial charge in [0.15, 0.2) is 5.69 Å². The number of aryl methyl sites for hydroxylation is 1. The van der Waals surface area contributed by atoms with E-state index in [2.05, 4.69) is 17.3 Å². The van der Waals surface area contributed by atoms with Gasteiger partial charge in [-0.3, -0.25) is 9.59 Å². The Morgan fingerprint density at radius 1 is 1.08 bits per heavy atom. The van der Waals surface area contributed by atoms with Gasteiger partial charge in [0.2, 0.25) is 0 Å². The minimum atomic E-state index is -0.354. The molecule has 0 aliphatic rings. The zero-order chi connectivity index (χ0) is 18.5. The van der Waals surface area contributed by atoms with E-state index in [1.807, 2.05) is 0 Å². The molecule has 1 heterocycles. The number of hydrogen-bond donors (Lipinski definition) is 1. The maximum atomic E-state index is 12.8. The zero-order valence-corrected chi connectivity index (χ0v) is 15.3. The molecule has 0 saturated carbocycles. The third-order valence-corrected chi connectivity index (χ3v) is 4.41. The van der Waals surface area contributed by atoms with Crippen molar-refractivity contribution in [3.8, 4) is 0 Å². The van der Waals surface area contributed by atoms with Crippen LogP contribution in [0.4, 0.5) is 5.69 Å². The fourth-order valence-corrected chi connectivity index (χ4v) is 2.92. The summed E-state index contributed by atoms with van der Waals surface area (Å²) in [6.07, 6.45) is 2.90. The van der Waals surface area contributed by atoms with Crippen molar-refractivity contribution in [3.05, 3.63) is 69.6 Å². The molecule has 26 heavy (non-hydrogen) atoms. The van der Waals surface area contributed by atoms with E-state index < -0.39 is 0 Å². The number of anilines is 1. The summed E-state index contributed by atoms with van der Waals surface area (Å²) in [6, 6.07) is 13.9. The summed E-state index contributed by atoms with van der Waals surface area (Å²) >= 11 is 5.88. The van der Waals surface area contributed by atoms with Crippen LogP contribution in [-0.2, 0) is 6.54 Å². The fraction of sp³-hybridized carbons (Fsp3) is 0.250. The average molecular weight is 370 g/mol. The fourth-order valence-electron chi connectivity index (χ4n) is 2.79. The van der Waals surface area contributed by atoms with E-state index in [1.54, 1.807) is 48.5 Å². The SMILES string of the molecule is CCCCCn1nc(C(=O)Nc2ccc(Cl)cc2)c2ccccc2c1=O. The Morgan fingerprint density at radius 2 is 1.77 bits per heavy atom. The molecule has 3 rings (SSSR count). The lowest BCUT2D eigenvalue weighted by Crippen LogP contribution is -2.27. The number of halogens is 1. The van der Waals surface area contributed by atoms with Crippen molar-refractivity contribution >= 4 is 34.0 Å². The Balaban J connectivity index is 2.00.